The molecule has 0 saturated carbocycles. The fourth-order valence-electron chi connectivity index (χ4n) is 3.27. The fourth-order valence-corrected chi connectivity index (χ4v) is 3.27. The molecule has 144 valence electrons. The second-order valence-electron chi connectivity index (χ2n) is 7.66. The number of nitrogens with zero attached hydrogens (tertiary/aromatic N) is 1. The van der Waals surface area contributed by atoms with Crippen molar-refractivity contribution in [1.29, 1.82) is 0 Å². The number of esters is 1. The topological polar surface area (TPSA) is 58.6 Å². The summed E-state index contributed by atoms with van der Waals surface area (Å²) in [6.45, 7) is 7.79. The number of nitrogens with one attached hydrogen (secondary N) is 1. The first-order chi connectivity index (χ1) is 12.3. The zero-order chi connectivity index (χ0) is 19.3. The van der Waals surface area contributed by atoms with Crippen LogP contribution in [0, 0.1) is 0 Å². The summed E-state index contributed by atoms with van der Waals surface area (Å²) in [5.41, 5.74) is 3.14. The van der Waals surface area contributed by atoms with Gasteiger partial charge in [-0.1, -0.05) is 18.2 Å². The van der Waals surface area contributed by atoms with Crippen molar-refractivity contribution in [3.63, 3.8) is 0 Å². The molecule has 0 bridgehead atoms. The van der Waals surface area contributed by atoms with Crippen LogP contribution in [0.5, 0.6) is 0 Å². The van der Waals surface area contributed by atoms with Crippen LogP contribution in [-0.2, 0) is 27.2 Å². The van der Waals surface area contributed by atoms with Gasteiger partial charge in [-0.3, -0.25) is 14.5 Å². The minimum atomic E-state index is -0.845. The van der Waals surface area contributed by atoms with Crippen LogP contribution in [0.4, 0.5) is 0 Å². The van der Waals surface area contributed by atoms with Crippen molar-refractivity contribution in [2.75, 3.05) is 20.2 Å². The van der Waals surface area contributed by atoms with E-state index in [-0.39, 0.29) is 24.5 Å². The SMILES string of the molecule is CCOC(=O)C(C)(C)N(C)CC(=O)NC(C)c1ccc2c(c1)CCCC2. The number of amides is 1. The number of likely N-dealkylation sites (N-methyl/N-ethyl adjacent to an activating group) is 1. The van der Waals surface area contributed by atoms with Crippen molar-refractivity contribution in [2.45, 2.75) is 65.0 Å². The van der Waals surface area contributed by atoms with Gasteiger partial charge in [-0.05, 0) is 77.1 Å². The Kier molecular flexibility index (Phi) is 6.81. The summed E-state index contributed by atoms with van der Waals surface area (Å²) >= 11 is 0. The number of aryl methyl sites for hydroxylation is 2. The molecular weight excluding hydrogens is 328 g/mol. The van der Waals surface area contributed by atoms with Crippen LogP contribution in [0.25, 0.3) is 0 Å². The number of rotatable bonds is 7. The van der Waals surface area contributed by atoms with E-state index >= 15 is 0 Å². The average Bonchev–Trinajstić information content (AvgIpc) is 2.61. The minimum absolute atomic E-state index is 0.0613. The Morgan fingerprint density at radius 1 is 1.23 bits per heavy atom. The molecule has 0 aromatic heterocycles. The van der Waals surface area contributed by atoms with Crippen LogP contribution in [-0.4, -0.2) is 42.5 Å². The zero-order valence-electron chi connectivity index (χ0n) is 16.7. The van der Waals surface area contributed by atoms with Crippen molar-refractivity contribution < 1.29 is 14.3 Å². The van der Waals surface area contributed by atoms with Gasteiger partial charge < -0.3 is 10.1 Å². The molecule has 1 aliphatic carbocycles. The number of hydrogen-bond acceptors (Lipinski definition) is 4. The van der Waals surface area contributed by atoms with Crippen molar-refractivity contribution in [3.8, 4) is 0 Å². The molecule has 1 N–H and O–H groups in total. The van der Waals surface area contributed by atoms with Gasteiger partial charge in [-0.25, -0.2) is 0 Å². The van der Waals surface area contributed by atoms with Crippen molar-refractivity contribution in [1.82, 2.24) is 10.2 Å². The van der Waals surface area contributed by atoms with Crippen molar-refractivity contribution >= 4 is 11.9 Å². The lowest BCUT2D eigenvalue weighted by Crippen LogP contribution is -2.52. The lowest BCUT2D eigenvalue weighted by atomic mass is 9.89. The Bertz CT molecular complexity index is 655. The Balaban J connectivity index is 1.95. The average molecular weight is 360 g/mol. The molecule has 1 aliphatic rings. The van der Waals surface area contributed by atoms with Gasteiger partial charge in [0.05, 0.1) is 19.2 Å². The van der Waals surface area contributed by atoms with Crippen LogP contribution in [0.2, 0.25) is 0 Å². The summed E-state index contributed by atoms with van der Waals surface area (Å²) in [7, 11) is 1.76. The lowest BCUT2D eigenvalue weighted by molar-refractivity contribution is -0.155. The molecule has 5 heteroatoms. The molecule has 1 aromatic carbocycles. The van der Waals surface area contributed by atoms with E-state index in [2.05, 4.69) is 23.5 Å². The highest BCUT2D eigenvalue weighted by atomic mass is 16.5. The summed E-state index contributed by atoms with van der Waals surface area (Å²) in [5.74, 6) is -0.423. The molecule has 1 unspecified atom stereocenters. The molecule has 0 heterocycles. The predicted molar refractivity (Wildman–Crippen MR) is 103 cm³/mol. The first-order valence-electron chi connectivity index (χ1n) is 9.55. The highest BCUT2D eigenvalue weighted by Gasteiger charge is 2.34. The summed E-state index contributed by atoms with van der Waals surface area (Å²) in [6.07, 6.45) is 4.79. The molecule has 5 nitrogen and oxygen atoms in total. The van der Waals surface area contributed by atoms with E-state index in [9.17, 15) is 9.59 Å². The first kappa shape index (κ1) is 20.4. The van der Waals surface area contributed by atoms with E-state index in [1.54, 1.807) is 32.7 Å². The zero-order valence-corrected chi connectivity index (χ0v) is 16.7. The van der Waals surface area contributed by atoms with Gasteiger partial charge in [0.15, 0.2) is 0 Å². The van der Waals surface area contributed by atoms with Crippen LogP contribution in [0.1, 0.15) is 63.3 Å². The Hall–Kier alpha value is -1.88. The van der Waals surface area contributed by atoms with Gasteiger partial charge in [0, 0.05) is 0 Å². The second-order valence-corrected chi connectivity index (χ2v) is 7.66. The Morgan fingerprint density at radius 2 is 1.88 bits per heavy atom. The monoisotopic (exact) mass is 360 g/mol. The van der Waals surface area contributed by atoms with E-state index < -0.39 is 5.54 Å². The van der Waals surface area contributed by atoms with Gasteiger partial charge in [0.25, 0.3) is 0 Å². The first-order valence-corrected chi connectivity index (χ1v) is 9.55. The summed E-state index contributed by atoms with van der Waals surface area (Å²) in [4.78, 5) is 26.2. The van der Waals surface area contributed by atoms with Gasteiger partial charge in [0.1, 0.15) is 5.54 Å². The third kappa shape index (κ3) is 4.85. The van der Waals surface area contributed by atoms with Crippen molar-refractivity contribution in [2.24, 2.45) is 0 Å². The predicted octanol–water partition coefficient (Wildman–Crippen LogP) is 3.02. The smallest absolute Gasteiger partial charge is 0.325 e. The number of benzene rings is 1. The quantitative estimate of drug-likeness (QED) is 0.760. The number of hydrogen-bond donors (Lipinski definition) is 1. The lowest BCUT2D eigenvalue weighted by Gasteiger charge is -2.32. The van der Waals surface area contributed by atoms with Crippen LogP contribution in [0.15, 0.2) is 18.2 Å². The molecule has 0 saturated heterocycles. The highest BCUT2D eigenvalue weighted by molar-refractivity contribution is 5.82. The van der Waals surface area contributed by atoms with E-state index in [4.69, 9.17) is 4.74 Å². The largest absolute Gasteiger partial charge is 0.465 e. The molecule has 0 aliphatic heterocycles. The molecule has 0 radical (unpaired) electrons. The van der Waals surface area contributed by atoms with E-state index in [0.29, 0.717) is 6.61 Å². The number of carbonyl (C=O) groups excluding carboxylic acids is 2. The van der Waals surface area contributed by atoms with E-state index in [1.807, 2.05) is 6.92 Å². The number of fused-ring (bicyclic) bond motifs is 1. The van der Waals surface area contributed by atoms with E-state index in [0.717, 1.165) is 18.4 Å². The third-order valence-electron chi connectivity index (χ3n) is 5.36. The van der Waals surface area contributed by atoms with Gasteiger partial charge in [-0.2, -0.15) is 0 Å². The molecule has 1 amide bonds. The fraction of sp³-hybridized carbons (Fsp3) is 0.619. The number of ether oxygens (including phenoxy) is 1. The highest BCUT2D eigenvalue weighted by Crippen LogP contribution is 2.24. The summed E-state index contributed by atoms with van der Waals surface area (Å²) < 4.78 is 5.10. The molecule has 0 fully saturated rings. The van der Waals surface area contributed by atoms with Crippen LogP contribution < -0.4 is 5.32 Å². The summed E-state index contributed by atoms with van der Waals surface area (Å²) in [6, 6.07) is 6.48. The molecule has 1 atom stereocenters. The maximum absolute atomic E-state index is 12.4. The molecule has 0 spiro atoms. The Labute approximate surface area is 157 Å². The standard InChI is InChI=1S/C21H32N2O3/c1-6-26-20(25)21(3,4)23(5)14-19(24)22-15(2)17-12-11-16-9-7-8-10-18(16)13-17/h11-13,15H,6-10,14H2,1-5H3,(H,22,24). The van der Waals surface area contributed by atoms with Gasteiger partial charge in [-0.15, -0.1) is 0 Å². The third-order valence-corrected chi connectivity index (χ3v) is 5.36. The maximum atomic E-state index is 12.4. The molecular formula is C21H32N2O3. The van der Waals surface area contributed by atoms with Crippen molar-refractivity contribution in [3.05, 3.63) is 34.9 Å². The molecule has 1 aromatic rings. The normalized spacial score (nSPS) is 15.3. The molecule has 26 heavy (non-hydrogen) atoms. The van der Waals surface area contributed by atoms with E-state index in [1.165, 1.54) is 24.0 Å². The summed E-state index contributed by atoms with van der Waals surface area (Å²) in [5, 5.41) is 3.04. The second kappa shape index (κ2) is 8.67. The molecule has 2 rings (SSSR count). The van der Waals surface area contributed by atoms with Crippen LogP contribution in [0.3, 0.4) is 0 Å². The van der Waals surface area contributed by atoms with Crippen LogP contribution >= 0.6 is 0 Å². The van der Waals surface area contributed by atoms with Gasteiger partial charge >= 0.3 is 5.97 Å². The number of carbonyl (C=O) groups is 2. The Morgan fingerprint density at radius 3 is 2.54 bits per heavy atom. The minimum Gasteiger partial charge on any atom is -0.465 e. The van der Waals surface area contributed by atoms with Gasteiger partial charge in [0.2, 0.25) is 5.91 Å². The maximum Gasteiger partial charge on any atom is 0.325 e.